The van der Waals surface area contributed by atoms with Crippen molar-refractivity contribution < 1.29 is 34.9 Å². The summed E-state index contributed by atoms with van der Waals surface area (Å²) in [5.41, 5.74) is 16.3. The normalized spacial score (nSPS) is 11.4. The molecular formula is C69H58N2O8P2S2. The lowest BCUT2D eigenvalue weighted by Gasteiger charge is -2.30. The summed E-state index contributed by atoms with van der Waals surface area (Å²) in [7, 11) is -13.0. The summed E-state index contributed by atoms with van der Waals surface area (Å²) in [6.07, 6.45) is 0. The standard InChI is InChI=1S/C38H33N2O4PS.C31H25O4PS/c1-29-24-26-33(27-25-29)46(41,42)40(28-32-18-8-11-21-36(32)39)45(43-37-22-12-9-19-34(37)30-14-4-2-5-15-30)44-38-23-13-10-20-35(38)31-16-6-3-7-17-31;1-24-20-22-27(23-21-24)37(32,33)36(34-30-18-10-8-16-28(30)25-12-4-2-5-13-25)35-31-19-11-9-17-29(31)26-14-6-3-7-15-26/h2-27H,28,39H2,1H3;2-23H,1H3. The Morgan fingerprint density at radius 2 is 0.651 bits per heavy atom. The van der Waals surface area contributed by atoms with Gasteiger partial charge < -0.3 is 23.8 Å². The first kappa shape index (κ1) is 57.4. The molecule has 0 heterocycles. The molecule has 11 rings (SSSR count). The molecule has 0 aliphatic rings. The summed E-state index contributed by atoms with van der Waals surface area (Å²) in [6, 6.07) is 89.8. The maximum atomic E-state index is 14.6. The van der Waals surface area contributed by atoms with Crippen molar-refractivity contribution in [2.45, 2.75) is 30.2 Å². The average Bonchev–Trinajstić information content (AvgIpc) is 3.56. The zero-order valence-electron chi connectivity index (χ0n) is 45.4. The number of aryl methyl sites for hydroxylation is 2. The van der Waals surface area contributed by atoms with E-state index in [1.54, 1.807) is 66.7 Å². The van der Waals surface area contributed by atoms with Crippen molar-refractivity contribution >= 4 is 41.3 Å². The van der Waals surface area contributed by atoms with Crippen LogP contribution in [0.15, 0.2) is 301 Å². The number of rotatable bonds is 19. The summed E-state index contributed by atoms with van der Waals surface area (Å²) in [5.74, 6) is 1.85. The minimum absolute atomic E-state index is 0.0738. The van der Waals surface area contributed by atoms with Gasteiger partial charge in [-0.25, -0.2) is 16.8 Å². The summed E-state index contributed by atoms with van der Waals surface area (Å²) in [5, 5.41) is 0. The molecule has 83 heavy (non-hydrogen) atoms. The third-order valence-electron chi connectivity index (χ3n) is 13.2. The highest BCUT2D eigenvalue weighted by Crippen LogP contribution is 2.54. The van der Waals surface area contributed by atoms with Crippen molar-refractivity contribution in [3.8, 4) is 67.5 Å². The van der Waals surface area contributed by atoms with E-state index in [-0.39, 0.29) is 16.3 Å². The van der Waals surface area contributed by atoms with Crippen LogP contribution in [0.4, 0.5) is 5.69 Å². The third-order valence-corrected chi connectivity index (χ3v) is 21.3. The first-order valence-corrected chi connectivity index (χ1v) is 32.4. The Hall–Kier alpha value is -8.86. The summed E-state index contributed by atoms with van der Waals surface area (Å²) in [6.45, 7) is 3.76. The maximum Gasteiger partial charge on any atom is 0.426 e. The van der Waals surface area contributed by atoms with Crippen molar-refractivity contribution in [3.05, 3.63) is 308 Å². The minimum Gasteiger partial charge on any atom is -0.427 e. The van der Waals surface area contributed by atoms with Crippen LogP contribution in [-0.4, -0.2) is 20.9 Å². The van der Waals surface area contributed by atoms with Gasteiger partial charge in [-0.1, -0.05) is 248 Å². The second kappa shape index (κ2) is 26.8. The number of nitrogens with zero attached hydrogens (tertiary/aromatic N) is 1. The van der Waals surface area contributed by atoms with Crippen LogP contribution in [0.25, 0.3) is 44.5 Å². The first-order chi connectivity index (χ1) is 40.4. The Labute approximate surface area is 488 Å². The van der Waals surface area contributed by atoms with Crippen molar-refractivity contribution in [3.63, 3.8) is 0 Å². The summed E-state index contributed by atoms with van der Waals surface area (Å²) >= 11 is 0. The van der Waals surface area contributed by atoms with Gasteiger partial charge in [0.25, 0.3) is 19.5 Å². The Morgan fingerprint density at radius 1 is 0.349 bits per heavy atom. The van der Waals surface area contributed by atoms with Gasteiger partial charge >= 0.3 is 16.1 Å². The fraction of sp³-hybridized carbons (Fsp3) is 0.0435. The SMILES string of the molecule is Cc1ccc(S(=O)(=O)N(Cc2ccccc2N)P(Oc2ccccc2-c2ccccc2)Oc2ccccc2-c2ccccc2)cc1.Cc1ccc(S(=O)(=O)P(Oc2ccccc2-c2ccccc2)Oc2ccccc2-c2ccccc2)cc1. The van der Waals surface area contributed by atoms with Crippen LogP contribution in [-0.2, 0) is 26.0 Å². The predicted molar refractivity (Wildman–Crippen MR) is 337 cm³/mol. The molecule has 14 heteroatoms. The molecule has 0 aliphatic heterocycles. The fourth-order valence-corrected chi connectivity index (χ4v) is 15.7. The predicted octanol–water partition coefficient (Wildman–Crippen LogP) is 18.0. The van der Waals surface area contributed by atoms with Crippen LogP contribution >= 0.6 is 16.1 Å². The highest BCUT2D eigenvalue weighted by atomic mass is 32.8. The molecule has 0 aromatic heterocycles. The molecule has 10 nitrogen and oxygen atoms in total. The number of nitrogens with two attached hydrogens (primary N) is 1. The number of nitrogen functional groups attached to an aromatic ring is 1. The molecule has 0 unspecified atom stereocenters. The molecule has 0 atom stereocenters. The number of para-hydroxylation sites is 5. The van der Waals surface area contributed by atoms with Crippen LogP contribution in [0.5, 0.6) is 23.0 Å². The molecule has 414 valence electrons. The lowest BCUT2D eigenvalue weighted by atomic mass is 10.1. The van der Waals surface area contributed by atoms with Gasteiger partial charge in [-0.3, -0.25) is 0 Å². The van der Waals surface area contributed by atoms with Gasteiger partial charge in [0.1, 0.15) is 23.0 Å². The lowest BCUT2D eigenvalue weighted by molar-refractivity contribution is 0.419. The zero-order chi connectivity index (χ0) is 57.6. The monoisotopic (exact) mass is 1170 g/mol. The molecular weight excluding hydrogens is 1110 g/mol. The van der Waals surface area contributed by atoms with Gasteiger partial charge in [0.05, 0.1) is 16.3 Å². The van der Waals surface area contributed by atoms with Crippen LogP contribution in [0, 0.1) is 13.8 Å². The van der Waals surface area contributed by atoms with Gasteiger partial charge in [-0.05, 0) is 96.3 Å². The molecule has 2 N–H and O–H groups in total. The first-order valence-electron chi connectivity index (χ1n) is 26.6. The Bertz CT molecular complexity index is 3980. The summed E-state index contributed by atoms with van der Waals surface area (Å²) in [4.78, 5) is 0.276. The number of benzene rings is 11. The maximum absolute atomic E-state index is 14.6. The molecule has 0 saturated heterocycles. The van der Waals surface area contributed by atoms with Gasteiger partial charge in [0, 0.05) is 27.9 Å². The Kier molecular flexibility index (Phi) is 18.5. The van der Waals surface area contributed by atoms with E-state index >= 15 is 0 Å². The molecule has 0 bridgehead atoms. The number of hydrogen-bond acceptors (Lipinski definition) is 9. The molecule has 11 aromatic carbocycles. The quantitative estimate of drug-likeness (QED) is 0.0620. The van der Waals surface area contributed by atoms with E-state index in [2.05, 4.69) is 0 Å². The average molecular weight is 1170 g/mol. The van der Waals surface area contributed by atoms with Crippen molar-refractivity contribution in [2.75, 3.05) is 5.73 Å². The van der Waals surface area contributed by atoms with Crippen LogP contribution in [0.1, 0.15) is 16.7 Å². The van der Waals surface area contributed by atoms with Crippen LogP contribution < -0.4 is 23.8 Å². The Balaban J connectivity index is 0.000000190. The molecule has 0 radical (unpaired) electrons. The van der Waals surface area contributed by atoms with E-state index < -0.39 is 35.6 Å². The lowest BCUT2D eigenvalue weighted by Crippen LogP contribution is -2.30. The smallest absolute Gasteiger partial charge is 0.426 e. The van der Waals surface area contributed by atoms with Crippen LogP contribution in [0.3, 0.4) is 0 Å². The second-order valence-corrected chi connectivity index (χ2v) is 27.1. The highest BCUT2D eigenvalue weighted by molar-refractivity contribution is 8.47. The van der Waals surface area contributed by atoms with Gasteiger partial charge in [0.2, 0.25) is 0 Å². The fourth-order valence-electron chi connectivity index (χ4n) is 8.85. The second-order valence-electron chi connectivity index (χ2n) is 19.1. The number of sulfonamides is 1. The topological polar surface area (TPSA) is 134 Å². The van der Waals surface area contributed by atoms with E-state index in [4.69, 9.17) is 23.8 Å². The summed E-state index contributed by atoms with van der Waals surface area (Å²) < 4.78 is 84.5. The molecule has 0 fully saturated rings. The Morgan fingerprint density at radius 3 is 1.01 bits per heavy atom. The highest BCUT2D eigenvalue weighted by Gasteiger charge is 2.39. The van der Waals surface area contributed by atoms with Gasteiger partial charge in [-0.15, -0.1) is 4.08 Å². The van der Waals surface area contributed by atoms with E-state index in [0.717, 1.165) is 55.6 Å². The van der Waals surface area contributed by atoms with Crippen molar-refractivity contribution in [1.29, 1.82) is 0 Å². The molecule has 0 amide bonds. The van der Waals surface area contributed by atoms with Crippen molar-refractivity contribution in [1.82, 2.24) is 4.08 Å². The third kappa shape index (κ3) is 14.1. The van der Waals surface area contributed by atoms with E-state index in [9.17, 15) is 16.8 Å². The minimum atomic E-state index is -4.17. The molecule has 11 aromatic rings. The largest absolute Gasteiger partial charge is 0.427 e. The van der Waals surface area contributed by atoms with E-state index in [1.807, 2.05) is 238 Å². The zero-order valence-corrected chi connectivity index (χ0v) is 48.8. The molecule has 0 saturated carbocycles. The van der Waals surface area contributed by atoms with E-state index in [0.29, 0.717) is 34.2 Å². The molecule has 0 spiro atoms. The van der Waals surface area contributed by atoms with Gasteiger partial charge in [0.15, 0.2) is 0 Å². The number of anilines is 1. The number of hydrogen-bond donors (Lipinski definition) is 1. The van der Waals surface area contributed by atoms with E-state index in [1.165, 1.54) is 4.08 Å². The van der Waals surface area contributed by atoms with Crippen molar-refractivity contribution in [2.24, 2.45) is 0 Å². The van der Waals surface area contributed by atoms with Crippen LogP contribution in [0.2, 0.25) is 0 Å². The van der Waals surface area contributed by atoms with Gasteiger partial charge in [-0.2, -0.15) is 0 Å². The molecule has 0 aliphatic carbocycles.